The van der Waals surface area contributed by atoms with Crippen molar-refractivity contribution in [1.29, 1.82) is 5.26 Å². The van der Waals surface area contributed by atoms with Crippen LogP contribution in [0.25, 0.3) is 0 Å². The van der Waals surface area contributed by atoms with Gasteiger partial charge >= 0.3 is 0 Å². The first-order valence-electron chi connectivity index (χ1n) is 8.11. The van der Waals surface area contributed by atoms with E-state index < -0.39 is 40.7 Å². The second-order valence-electron chi connectivity index (χ2n) is 6.34. The zero-order chi connectivity index (χ0) is 20.6. The van der Waals surface area contributed by atoms with Crippen molar-refractivity contribution in [3.63, 3.8) is 0 Å². The quantitative estimate of drug-likeness (QED) is 0.740. The largest absolute Gasteiger partial charge is 0.280 e. The van der Waals surface area contributed by atoms with Gasteiger partial charge in [-0.05, 0) is 42.8 Å². The summed E-state index contributed by atoms with van der Waals surface area (Å²) < 4.78 is 76.2. The van der Waals surface area contributed by atoms with Crippen LogP contribution in [0.2, 0.25) is 0 Å². The fraction of sp³-hybridized carbons (Fsp3) is 0.235. The van der Waals surface area contributed by atoms with E-state index in [9.17, 15) is 25.3 Å². The summed E-state index contributed by atoms with van der Waals surface area (Å²) in [6.07, 6.45) is -0.0130. The van der Waals surface area contributed by atoms with E-state index in [1.165, 1.54) is 42.5 Å². The topological polar surface area (TPSA) is 138 Å². The number of sulfonamides is 1. The van der Waals surface area contributed by atoms with Gasteiger partial charge in [0.05, 0.1) is 43.9 Å². The summed E-state index contributed by atoms with van der Waals surface area (Å²) >= 11 is 0. The Morgan fingerprint density at radius 2 is 1.68 bits per heavy atom. The average Bonchev–Trinajstić information content (AvgIpc) is 3.02. The zero-order valence-electron chi connectivity index (χ0n) is 14.4. The van der Waals surface area contributed by atoms with Crippen molar-refractivity contribution in [2.75, 3.05) is 16.2 Å². The molecular formula is C17H16N2O6S3. The maximum absolute atomic E-state index is 12.7. The van der Waals surface area contributed by atoms with Crippen LogP contribution in [0.1, 0.15) is 12.0 Å². The van der Waals surface area contributed by atoms with Crippen molar-refractivity contribution in [1.82, 2.24) is 0 Å². The van der Waals surface area contributed by atoms with Gasteiger partial charge in [-0.1, -0.05) is 12.1 Å². The summed E-state index contributed by atoms with van der Waals surface area (Å²) in [7, 11) is -11.5. The molecule has 2 aromatic carbocycles. The molecule has 11 heteroatoms. The van der Waals surface area contributed by atoms with Crippen LogP contribution in [0, 0.1) is 11.3 Å². The molecule has 0 bridgehead atoms. The van der Waals surface area contributed by atoms with Gasteiger partial charge in [-0.15, -0.1) is 0 Å². The molecule has 1 aliphatic heterocycles. The SMILES string of the molecule is N#Cc1cccc(NS(=O)(=O)c2cccc(S(=O)(=O)[C@@H]3CCS(=O)(=O)C3)c2)c1. The maximum Gasteiger partial charge on any atom is 0.261 e. The number of benzene rings is 2. The first-order valence-corrected chi connectivity index (χ1v) is 13.0. The van der Waals surface area contributed by atoms with Crippen LogP contribution in [0.15, 0.2) is 58.3 Å². The van der Waals surface area contributed by atoms with Crippen molar-refractivity contribution >= 4 is 35.4 Å². The summed E-state index contributed by atoms with van der Waals surface area (Å²) in [6, 6.07) is 12.5. The molecule has 0 amide bonds. The fourth-order valence-electron chi connectivity index (χ4n) is 2.88. The molecule has 0 aromatic heterocycles. The molecule has 2 aromatic rings. The van der Waals surface area contributed by atoms with E-state index in [-0.39, 0.29) is 33.2 Å². The fourth-order valence-corrected chi connectivity index (χ4v) is 8.46. The Hall–Kier alpha value is -2.42. The van der Waals surface area contributed by atoms with Crippen molar-refractivity contribution < 1.29 is 25.3 Å². The summed E-state index contributed by atoms with van der Waals surface area (Å²) in [5.41, 5.74) is 0.424. The molecule has 148 valence electrons. The summed E-state index contributed by atoms with van der Waals surface area (Å²) in [4.78, 5) is -0.528. The third-order valence-corrected chi connectivity index (χ3v) is 9.87. The lowest BCUT2D eigenvalue weighted by Crippen LogP contribution is -2.23. The second kappa shape index (κ2) is 7.20. The van der Waals surface area contributed by atoms with Crippen molar-refractivity contribution in [3.05, 3.63) is 54.1 Å². The predicted molar refractivity (Wildman–Crippen MR) is 103 cm³/mol. The van der Waals surface area contributed by atoms with Crippen molar-refractivity contribution in [2.45, 2.75) is 21.5 Å². The number of rotatable bonds is 5. The van der Waals surface area contributed by atoms with E-state index >= 15 is 0 Å². The maximum atomic E-state index is 12.7. The highest BCUT2D eigenvalue weighted by molar-refractivity contribution is 7.96. The Bertz CT molecular complexity index is 1280. The van der Waals surface area contributed by atoms with Crippen molar-refractivity contribution in [3.8, 4) is 6.07 Å². The molecular weight excluding hydrogens is 424 g/mol. The molecule has 1 saturated heterocycles. The molecule has 1 atom stereocenters. The lowest BCUT2D eigenvalue weighted by atomic mass is 10.2. The summed E-state index contributed by atoms with van der Waals surface area (Å²) in [6.45, 7) is 0. The lowest BCUT2D eigenvalue weighted by molar-refractivity contribution is 0.582. The van der Waals surface area contributed by atoms with E-state index in [4.69, 9.17) is 5.26 Å². The van der Waals surface area contributed by atoms with Crippen LogP contribution in [-0.2, 0) is 29.7 Å². The zero-order valence-corrected chi connectivity index (χ0v) is 16.9. The molecule has 0 saturated carbocycles. The van der Waals surface area contributed by atoms with Crippen LogP contribution in [0.4, 0.5) is 5.69 Å². The third-order valence-electron chi connectivity index (χ3n) is 4.32. The minimum atomic E-state index is -4.11. The Morgan fingerprint density at radius 1 is 1.00 bits per heavy atom. The first-order chi connectivity index (χ1) is 13.0. The van der Waals surface area contributed by atoms with Gasteiger partial charge in [0.15, 0.2) is 19.7 Å². The number of hydrogen-bond donors (Lipinski definition) is 1. The molecule has 28 heavy (non-hydrogen) atoms. The first kappa shape index (κ1) is 20.3. The van der Waals surface area contributed by atoms with Crippen LogP contribution in [0.3, 0.4) is 0 Å². The molecule has 1 fully saturated rings. The Morgan fingerprint density at radius 3 is 2.32 bits per heavy atom. The minimum Gasteiger partial charge on any atom is -0.280 e. The third kappa shape index (κ3) is 4.19. The van der Waals surface area contributed by atoms with Gasteiger partial charge in [0.25, 0.3) is 10.0 Å². The van der Waals surface area contributed by atoms with E-state index in [1.807, 2.05) is 6.07 Å². The van der Waals surface area contributed by atoms with Crippen LogP contribution >= 0.6 is 0 Å². The molecule has 0 unspecified atom stereocenters. The number of nitrogens with zero attached hydrogens (tertiary/aromatic N) is 1. The van der Waals surface area contributed by atoms with Gasteiger partial charge in [-0.25, -0.2) is 25.3 Å². The molecule has 1 heterocycles. The smallest absolute Gasteiger partial charge is 0.261 e. The lowest BCUT2D eigenvalue weighted by Gasteiger charge is -2.12. The second-order valence-corrected chi connectivity index (χ2v) is 12.5. The molecule has 8 nitrogen and oxygen atoms in total. The highest BCUT2D eigenvalue weighted by atomic mass is 32.2. The monoisotopic (exact) mass is 440 g/mol. The van der Waals surface area contributed by atoms with Gasteiger partial charge in [-0.3, -0.25) is 4.72 Å². The Kier molecular flexibility index (Phi) is 5.22. The molecule has 0 radical (unpaired) electrons. The van der Waals surface area contributed by atoms with Gasteiger partial charge in [-0.2, -0.15) is 5.26 Å². The van der Waals surface area contributed by atoms with Gasteiger partial charge in [0.1, 0.15) is 0 Å². The molecule has 1 N–H and O–H groups in total. The average molecular weight is 441 g/mol. The molecule has 1 aliphatic rings. The standard InChI is InChI=1S/C17H16N2O6S3/c18-11-13-3-1-4-14(9-13)19-28(24,25)16-6-2-5-15(10-16)27(22,23)17-7-8-26(20,21)12-17/h1-6,9-10,17,19H,7-8,12H2/t17-/m1/s1. The summed E-state index contributed by atoms with van der Waals surface area (Å²) in [5, 5.41) is 7.82. The minimum absolute atomic E-state index is 0.0130. The van der Waals surface area contributed by atoms with Crippen LogP contribution < -0.4 is 4.72 Å². The number of sulfone groups is 2. The predicted octanol–water partition coefficient (Wildman–Crippen LogP) is 1.32. The highest BCUT2D eigenvalue weighted by Gasteiger charge is 2.38. The van der Waals surface area contributed by atoms with E-state index in [2.05, 4.69) is 4.72 Å². The molecule has 0 spiro atoms. The van der Waals surface area contributed by atoms with E-state index in [1.54, 1.807) is 0 Å². The Labute approximate surface area is 163 Å². The highest BCUT2D eigenvalue weighted by Crippen LogP contribution is 2.27. The van der Waals surface area contributed by atoms with E-state index in [0.29, 0.717) is 0 Å². The summed E-state index contributed by atoms with van der Waals surface area (Å²) in [5.74, 6) is -0.669. The van der Waals surface area contributed by atoms with Gasteiger partial charge in [0, 0.05) is 0 Å². The van der Waals surface area contributed by atoms with Gasteiger partial charge in [0.2, 0.25) is 0 Å². The number of nitriles is 1. The van der Waals surface area contributed by atoms with Gasteiger partial charge < -0.3 is 0 Å². The van der Waals surface area contributed by atoms with E-state index in [0.717, 1.165) is 6.07 Å². The number of anilines is 1. The number of hydrogen-bond acceptors (Lipinski definition) is 7. The number of nitrogens with one attached hydrogen (secondary N) is 1. The Balaban J connectivity index is 1.93. The van der Waals surface area contributed by atoms with Crippen molar-refractivity contribution in [2.24, 2.45) is 0 Å². The van der Waals surface area contributed by atoms with Crippen LogP contribution in [0.5, 0.6) is 0 Å². The molecule has 0 aliphatic carbocycles. The molecule has 3 rings (SSSR count). The van der Waals surface area contributed by atoms with Crippen LogP contribution in [-0.4, -0.2) is 42.0 Å². The normalized spacial score (nSPS) is 19.0.